The third-order valence-corrected chi connectivity index (χ3v) is 2.05. The lowest BCUT2D eigenvalue weighted by atomic mass is 10.1. The van der Waals surface area contributed by atoms with Crippen molar-refractivity contribution >= 4 is 17.3 Å². The second kappa shape index (κ2) is 2.53. The van der Waals surface area contributed by atoms with E-state index in [1.807, 2.05) is 0 Å². The molecule has 0 spiro atoms. The molecule has 1 aliphatic heterocycles. The van der Waals surface area contributed by atoms with Gasteiger partial charge in [0.2, 0.25) is 0 Å². The largest absolute Gasteiger partial charge is 0.271 e. The van der Waals surface area contributed by atoms with Gasteiger partial charge in [-0.3, -0.25) is 4.99 Å². The maximum absolute atomic E-state index is 4.15. The summed E-state index contributed by atoms with van der Waals surface area (Å²) < 4.78 is 0. The predicted molar refractivity (Wildman–Crippen MR) is 38.5 cm³/mol. The van der Waals surface area contributed by atoms with Crippen molar-refractivity contribution < 1.29 is 0 Å². The lowest BCUT2D eigenvalue weighted by Crippen LogP contribution is -2.11. The summed E-state index contributed by atoms with van der Waals surface area (Å²) in [5, 5.41) is 0. The van der Waals surface area contributed by atoms with Crippen LogP contribution in [-0.4, -0.2) is 17.3 Å². The zero-order valence-corrected chi connectivity index (χ0v) is 6.03. The average molecular weight is 128 g/mol. The molecule has 8 heavy (non-hydrogen) atoms. The van der Waals surface area contributed by atoms with Crippen LogP contribution in [0, 0.1) is 5.92 Å². The van der Waals surface area contributed by atoms with E-state index in [9.17, 15) is 0 Å². The highest BCUT2D eigenvalue weighted by molar-refractivity contribution is 8.12. The van der Waals surface area contributed by atoms with Gasteiger partial charge in [-0.15, -0.1) is 11.8 Å². The molecule has 0 aliphatic carbocycles. The summed E-state index contributed by atoms with van der Waals surface area (Å²) >= 11 is 1.69. The second-order valence-electron chi connectivity index (χ2n) is 2.34. The molecule has 2 heteroatoms. The summed E-state index contributed by atoms with van der Waals surface area (Å²) in [6, 6.07) is 0.542. The van der Waals surface area contributed by atoms with Crippen LogP contribution >= 0.6 is 11.8 Å². The molecule has 0 aromatic carbocycles. The highest BCUT2D eigenvalue weighted by Crippen LogP contribution is 2.17. The van der Waals surface area contributed by atoms with E-state index in [0.29, 0.717) is 12.0 Å². The summed E-state index contributed by atoms with van der Waals surface area (Å²) in [4.78, 5) is 4.15. The van der Waals surface area contributed by atoms with Crippen molar-refractivity contribution in [1.29, 1.82) is 0 Å². The maximum Gasteiger partial charge on any atom is 0.123 e. The van der Waals surface area contributed by atoms with Crippen LogP contribution in [0.4, 0.5) is 0 Å². The molecular weight excluding hydrogens is 118 g/mol. The van der Waals surface area contributed by atoms with Gasteiger partial charge in [0.25, 0.3) is 0 Å². The van der Waals surface area contributed by atoms with Crippen LogP contribution in [0.15, 0.2) is 4.99 Å². The first kappa shape index (κ1) is 6.14. The zero-order valence-electron chi connectivity index (χ0n) is 5.22. The number of aliphatic imine (C=N–C) groups is 1. The van der Waals surface area contributed by atoms with Crippen LogP contribution in [0.5, 0.6) is 0 Å². The number of hydrogen-bond acceptors (Lipinski definition) is 2. The Morgan fingerprint density at radius 3 is 2.75 bits per heavy atom. The minimum atomic E-state index is 0.542. The summed E-state index contributed by atoms with van der Waals surface area (Å²) in [5.74, 6) is 1.83. The Labute approximate surface area is 54.6 Å². The van der Waals surface area contributed by atoms with E-state index < -0.39 is 0 Å². The fourth-order valence-electron chi connectivity index (χ4n) is 0.606. The zero-order chi connectivity index (χ0) is 5.98. The minimum Gasteiger partial charge on any atom is -0.271 e. The molecule has 1 radical (unpaired) electrons. The van der Waals surface area contributed by atoms with Gasteiger partial charge in [0, 0.05) is 5.75 Å². The number of thioether (sulfide) groups is 1. The minimum absolute atomic E-state index is 0.542. The molecule has 0 saturated carbocycles. The number of hydrogen-bond donors (Lipinski definition) is 0. The van der Waals surface area contributed by atoms with Crippen LogP contribution in [0.2, 0.25) is 0 Å². The Bertz CT molecular complexity index is 98.7. The molecular formula is C6H10NS. The Morgan fingerprint density at radius 2 is 2.50 bits per heavy atom. The third-order valence-electron chi connectivity index (χ3n) is 1.31. The van der Waals surface area contributed by atoms with Crippen molar-refractivity contribution in [3.05, 3.63) is 0 Å². The summed E-state index contributed by atoms with van der Waals surface area (Å²) in [6.45, 7) is 4.39. The molecule has 0 aromatic rings. The first-order chi connectivity index (χ1) is 3.80. The van der Waals surface area contributed by atoms with Gasteiger partial charge in [-0.2, -0.15) is 0 Å². The lowest BCUT2D eigenvalue weighted by molar-refractivity contribution is 0.544. The van der Waals surface area contributed by atoms with Gasteiger partial charge in [-0.1, -0.05) is 13.8 Å². The molecule has 1 aliphatic rings. The van der Waals surface area contributed by atoms with Crippen molar-refractivity contribution in [3.8, 4) is 0 Å². The van der Waals surface area contributed by atoms with Gasteiger partial charge in [0.15, 0.2) is 0 Å². The van der Waals surface area contributed by atoms with E-state index in [2.05, 4.69) is 24.4 Å². The molecule has 0 fully saturated rings. The van der Waals surface area contributed by atoms with Gasteiger partial charge < -0.3 is 0 Å². The molecule has 0 bridgehead atoms. The Kier molecular flexibility index (Phi) is 1.95. The molecule has 0 saturated heterocycles. The van der Waals surface area contributed by atoms with E-state index >= 15 is 0 Å². The van der Waals surface area contributed by atoms with E-state index in [0.717, 1.165) is 5.75 Å². The Morgan fingerprint density at radius 1 is 1.75 bits per heavy atom. The molecule has 0 amide bonds. The molecule has 1 atom stereocenters. The van der Waals surface area contributed by atoms with E-state index in [4.69, 9.17) is 0 Å². The fourth-order valence-corrected chi connectivity index (χ4v) is 1.52. The molecule has 1 nitrogen and oxygen atoms in total. The normalized spacial score (nSPS) is 27.6. The van der Waals surface area contributed by atoms with Crippen LogP contribution in [0.25, 0.3) is 0 Å². The molecule has 1 heterocycles. The van der Waals surface area contributed by atoms with Gasteiger partial charge in [-0.05, 0) is 5.92 Å². The smallest absolute Gasteiger partial charge is 0.123 e. The van der Waals surface area contributed by atoms with Gasteiger partial charge >= 0.3 is 0 Å². The Hall–Kier alpha value is 0.0200. The van der Waals surface area contributed by atoms with E-state index in [-0.39, 0.29) is 0 Å². The van der Waals surface area contributed by atoms with Crippen molar-refractivity contribution in [2.75, 3.05) is 5.75 Å². The monoisotopic (exact) mass is 128 g/mol. The third kappa shape index (κ3) is 1.25. The van der Waals surface area contributed by atoms with Crippen molar-refractivity contribution in [2.24, 2.45) is 10.9 Å². The van der Waals surface area contributed by atoms with Crippen molar-refractivity contribution in [1.82, 2.24) is 0 Å². The van der Waals surface area contributed by atoms with Crippen LogP contribution in [-0.2, 0) is 0 Å². The first-order valence-electron chi connectivity index (χ1n) is 2.87. The van der Waals surface area contributed by atoms with Crippen LogP contribution in [0.1, 0.15) is 13.8 Å². The SMILES string of the molecule is CC(C)[C@H]1CS[C]=N1. The number of nitrogens with zero attached hydrogens (tertiary/aromatic N) is 1. The van der Waals surface area contributed by atoms with Gasteiger partial charge in [0.05, 0.1) is 6.04 Å². The summed E-state index contributed by atoms with van der Waals surface area (Å²) in [5.41, 5.74) is 2.90. The molecule has 0 N–H and O–H groups in total. The van der Waals surface area contributed by atoms with Crippen LogP contribution < -0.4 is 0 Å². The average Bonchev–Trinajstić information content (AvgIpc) is 2.12. The molecule has 1 rings (SSSR count). The topological polar surface area (TPSA) is 12.4 Å². The maximum atomic E-state index is 4.15. The molecule has 45 valence electrons. The van der Waals surface area contributed by atoms with Crippen LogP contribution in [0.3, 0.4) is 0 Å². The predicted octanol–water partition coefficient (Wildman–Crippen LogP) is 1.66. The number of rotatable bonds is 1. The molecule has 0 unspecified atom stereocenters. The van der Waals surface area contributed by atoms with Crippen molar-refractivity contribution in [2.45, 2.75) is 19.9 Å². The van der Waals surface area contributed by atoms with Gasteiger partial charge in [0.1, 0.15) is 5.55 Å². The van der Waals surface area contributed by atoms with Gasteiger partial charge in [-0.25, -0.2) is 0 Å². The molecule has 0 aromatic heterocycles. The second-order valence-corrected chi connectivity index (χ2v) is 3.15. The highest BCUT2D eigenvalue weighted by Gasteiger charge is 2.14. The Balaban J connectivity index is 2.36. The quantitative estimate of drug-likeness (QED) is 0.523. The van der Waals surface area contributed by atoms with E-state index in [1.54, 1.807) is 11.8 Å². The first-order valence-corrected chi connectivity index (χ1v) is 3.86. The summed E-state index contributed by atoms with van der Waals surface area (Å²) in [7, 11) is 0. The fraction of sp³-hybridized carbons (Fsp3) is 0.833. The van der Waals surface area contributed by atoms with Crippen molar-refractivity contribution in [3.63, 3.8) is 0 Å². The highest BCUT2D eigenvalue weighted by atomic mass is 32.2. The van der Waals surface area contributed by atoms with E-state index in [1.165, 1.54) is 0 Å². The lowest BCUT2D eigenvalue weighted by Gasteiger charge is -2.07. The summed E-state index contributed by atoms with van der Waals surface area (Å²) in [6.07, 6.45) is 0. The standard InChI is InChI=1S/C6H10NS/c1-5(2)6-3-8-4-7-6/h5-6H,3H2,1-2H3/t6-/m1/s1.